The molecule has 3 heterocycles. The van der Waals surface area contributed by atoms with E-state index in [1.54, 1.807) is 17.7 Å². The van der Waals surface area contributed by atoms with Crippen LogP contribution in [0.5, 0.6) is 5.88 Å². The zero-order valence-electron chi connectivity index (χ0n) is 16.8. The molecule has 0 bridgehead atoms. The Balaban J connectivity index is 1.32. The van der Waals surface area contributed by atoms with Gasteiger partial charge in [-0.3, -0.25) is 9.69 Å². The Hall–Kier alpha value is -1.77. The van der Waals surface area contributed by atoms with Crippen molar-refractivity contribution < 1.29 is 14.3 Å². The molecular formula is C21H28N4O3S. The number of hydrogen-bond acceptors (Lipinski definition) is 7. The number of aromatic nitrogens is 2. The molecule has 29 heavy (non-hydrogen) atoms. The molecule has 1 amide bonds. The largest absolute Gasteiger partial charge is 0.474 e. The van der Waals surface area contributed by atoms with E-state index in [2.05, 4.69) is 21.9 Å². The molecular weight excluding hydrogens is 388 g/mol. The Morgan fingerprint density at radius 3 is 2.72 bits per heavy atom. The van der Waals surface area contributed by atoms with Crippen molar-refractivity contribution in [1.29, 1.82) is 0 Å². The lowest BCUT2D eigenvalue weighted by Crippen LogP contribution is -2.52. The maximum absolute atomic E-state index is 11.5. The van der Waals surface area contributed by atoms with Gasteiger partial charge in [0.1, 0.15) is 17.3 Å². The van der Waals surface area contributed by atoms with Gasteiger partial charge in [-0.1, -0.05) is 0 Å². The number of carbonyl (C=O) groups is 1. The molecule has 3 aliphatic rings. The molecule has 0 aromatic carbocycles. The van der Waals surface area contributed by atoms with E-state index in [4.69, 9.17) is 15.2 Å². The molecule has 2 aromatic heterocycles. The molecule has 1 unspecified atom stereocenters. The van der Waals surface area contributed by atoms with Crippen LogP contribution >= 0.6 is 11.3 Å². The van der Waals surface area contributed by atoms with Gasteiger partial charge >= 0.3 is 0 Å². The topological polar surface area (TPSA) is 90.6 Å². The average Bonchev–Trinajstić information content (AvgIpc) is 3.20. The lowest BCUT2D eigenvalue weighted by atomic mass is 9.91. The van der Waals surface area contributed by atoms with Crippen molar-refractivity contribution in [3.05, 3.63) is 16.8 Å². The van der Waals surface area contributed by atoms with Crippen molar-refractivity contribution in [3.8, 4) is 5.88 Å². The standard InChI is InChI=1S/C21H28N4O3S/c1-25(14-9-27-10-14)13-3-5-15(6-4-13)28-20-19-18-12(8-17(22)26)2-7-16(18)29-21(19)24-11-23-20/h11-15H,2-10H2,1H3,(H2,22,26). The van der Waals surface area contributed by atoms with E-state index in [0.29, 0.717) is 24.4 Å². The van der Waals surface area contributed by atoms with Crippen molar-refractivity contribution in [2.75, 3.05) is 20.3 Å². The second kappa shape index (κ2) is 7.81. The first-order valence-electron chi connectivity index (χ1n) is 10.6. The van der Waals surface area contributed by atoms with Gasteiger partial charge < -0.3 is 15.2 Å². The third-order valence-corrected chi connectivity index (χ3v) is 8.01. The van der Waals surface area contributed by atoms with Crippen molar-refractivity contribution in [3.63, 3.8) is 0 Å². The number of primary amides is 1. The number of carbonyl (C=O) groups excluding carboxylic acids is 1. The van der Waals surface area contributed by atoms with E-state index < -0.39 is 0 Å². The van der Waals surface area contributed by atoms with Crippen molar-refractivity contribution >= 4 is 27.5 Å². The summed E-state index contributed by atoms with van der Waals surface area (Å²) < 4.78 is 11.8. The highest BCUT2D eigenvalue weighted by atomic mass is 32.1. The minimum Gasteiger partial charge on any atom is -0.474 e. The summed E-state index contributed by atoms with van der Waals surface area (Å²) in [5.41, 5.74) is 6.70. The quantitative estimate of drug-likeness (QED) is 0.778. The van der Waals surface area contributed by atoms with Gasteiger partial charge in [0.15, 0.2) is 0 Å². The third-order valence-electron chi connectivity index (χ3n) is 6.84. The molecule has 2 N–H and O–H groups in total. The zero-order chi connectivity index (χ0) is 20.0. The van der Waals surface area contributed by atoms with Gasteiger partial charge in [0.2, 0.25) is 11.8 Å². The maximum Gasteiger partial charge on any atom is 0.225 e. The summed E-state index contributed by atoms with van der Waals surface area (Å²) in [5.74, 6) is 0.604. The number of aryl methyl sites for hydroxylation is 1. The van der Waals surface area contributed by atoms with Crippen LogP contribution in [-0.2, 0) is 16.0 Å². The molecule has 1 aliphatic heterocycles. The van der Waals surface area contributed by atoms with E-state index in [1.165, 1.54) is 10.4 Å². The Bertz CT molecular complexity index is 905. The summed E-state index contributed by atoms with van der Waals surface area (Å²) >= 11 is 1.71. The molecule has 1 atom stereocenters. The molecule has 1 saturated carbocycles. The Labute approximate surface area is 174 Å². The second-order valence-electron chi connectivity index (χ2n) is 8.61. The molecule has 0 radical (unpaired) electrons. The number of ether oxygens (including phenoxy) is 2. The fraction of sp³-hybridized carbons (Fsp3) is 0.667. The third kappa shape index (κ3) is 3.62. The summed E-state index contributed by atoms with van der Waals surface area (Å²) in [5, 5.41) is 1.02. The number of likely N-dealkylation sites (N-methyl/N-ethyl adjacent to an activating group) is 1. The molecule has 2 aliphatic carbocycles. The second-order valence-corrected chi connectivity index (χ2v) is 9.69. The predicted octanol–water partition coefficient (Wildman–Crippen LogP) is 2.62. The minimum absolute atomic E-state index is 0.165. The van der Waals surface area contributed by atoms with Gasteiger partial charge in [0, 0.05) is 17.3 Å². The van der Waals surface area contributed by atoms with Crippen molar-refractivity contribution in [2.24, 2.45) is 5.73 Å². The van der Waals surface area contributed by atoms with Crippen LogP contribution in [0.2, 0.25) is 0 Å². The fourth-order valence-corrected chi connectivity index (χ4v) is 6.29. The first kappa shape index (κ1) is 19.2. The molecule has 0 spiro atoms. The molecule has 5 rings (SSSR count). The summed E-state index contributed by atoms with van der Waals surface area (Å²) in [7, 11) is 2.22. The van der Waals surface area contributed by atoms with Crippen LogP contribution in [0, 0.1) is 0 Å². The van der Waals surface area contributed by atoms with Gasteiger partial charge in [-0.15, -0.1) is 11.3 Å². The highest BCUT2D eigenvalue weighted by molar-refractivity contribution is 7.19. The van der Waals surface area contributed by atoms with E-state index in [1.807, 2.05) is 0 Å². The smallest absolute Gasteiger partial charge is 0.225 e. The van der Waals surface area contributed by atoms with Gasteiger partial charge in [-0.05, 0) is 57.1 Å². The number of fused-ring (bicyclic) bond motifs is 3. The summed E-state index contributed by atoms with van der Waals surface area (Å²) in [6.07, 6.45) is 8.46. The van der Waals surface area contributed by atoms with Crippen LogP contribution < -0.4 is 10.5 Å². The SMILES string of the molecule is CN(C1CCC(Oc2ncnc3sc4c(c23)C(CC(N)=O)CC4)CC1)C1COC1. The van der Waals surface area contributed by atoms with E-state index in [-0.39, 0.29) is 17.9 Å². The first-order valence-corrected chi connectivity index (χ1v) is 11.4. The fourth-order valence-electron chi connectivity index (χ4n) is 5.06. The van der Waals surface area contributed by atoms with Gasteiger partial charge in [0.25, 0.3) is 0 Å². The zero-order valence-corrected chi connectivity index (χ0v) is 17.6. The highest BCUT2D eigenvalue weighted by Crippen LogP contribution is 2.47. The summed E-state index contributed by atoms with van der Waals surface area (Å²) in [6, 6.07) is 1.19. The van der Waals surface area contributed by atoms with Crippen LogP contribution in [0.3, 0.4) is 0 Å². The normalized spacial score (nSPS) is 27.2. The molecule has 2 fully saturated rings. The number of hydrogen-bond donors (Lipinski definition) is 1. The first-order chi connectivity index (χ1) is 14.1. The van der Waals surface area contributed by atoms with Gasteiger partial charge in [-0.25, -0.2) is 9.97 Å². The number of amides is 1. The number of rotatable bonds is 6. The van der Waals surface area contributed by atoms with Crippen LogP contribution in [0.1, 0.15) is 54.9 Å². The van der Waals surface area contributed by atoms with Crippen molar-refractivity contribution in [2.45, 2.75) is 69.1 Å². The summed E-state index contributed by atoms with van der Waals surface area (Å²) in [6.45, 7) is 1.73. The average molecular weight is 417 g/mol. The molecule has 156 valence electrons. The highest BCUT2D eigenvalue weighted by Gasteiger charge is 2.34. The lowest BCUT2D eigenvalue weighted by Gasteiger charge is -2.42. The molecule has 8 heteroatoms. The van der Waals surface area contributed by atoms with E-state index >= 15 is 0 Å². The Morgan fingerprint density at radius 1 is 1.24 bits per heavy atom. The van der Waals surface area contributed by atoms with Crippen LogP contribution in [0.25, 0.3) is 10.2 Å². The van der Waals surface area contributed by atoms with Crippen molar-refractivity contribution in [1.82, 2.24) is 14.9 Å². The molecule has 1 saturated heterocycles. The molecule has 7 nitrogen and oxygen atoms in total. The monoisotopic (exact) mass is 416 g/mol. The Kier molecular flexibility index (Phi) is 5.17. The Morgan fingerprint density at radius 2 is 2.03 bits per heavy atom. The molecule has 2 aromatic rings. The lowest BCUT2D eigenvalue weighted by molar-refractivity contribution is -0.118. The van der Waals surface area contributed by atoms with Crippen LogP contribution in [-0.4, -0.2) is 59.2 Å². The van der Waals surface area contributed by atoms with Crippen LogP contribution in [0.4, 0.5) is 0 Å². The number of nitrogens with zero attached hydrogens (tertiary/aromatic N) is 3. The van der Waals surface area contributed by atoms with E-state index in [0.717, 1.165) is 62.0 Å². The van der Waals surface area contributed by atoms with E-state index in [9.17, 15) is 4.79 Å². The minimum atomic E-state index is -0.249. The van der Waals surface area contributed by atoms with Gasteiger partial charge in [-0.2, -0.15) is 0 Å². The number of nitrogens with two attached hydrogens (primary N) is 1. The predicted molar refractivity (Wildman–Crippen MR) is 111 cm³/mol. The summed E-state index contributed by atoms with van der Waals surface area (Å²) in [4.78, 5) is 25.3. The number of thiophene rings is 1. The van der Waals surface area contributed by atoms with Gasteiger partial charge in [0.05, 0.1) is 24.6 Å². The maximum atomic E-state index is 11.5. The van der Waals surface area contributed by atoms with Crippen LogP contribution in [0.15, 0.2) is 6.33 Å².